The molecule has 0 aliphatic heterocycles. The van der Waals surface area contributed by atoms with Crippen molar-refractivity contribution in [2.75, 3.05) is 20.3 Å². The van der Waals surface area contributed by atoms with Crippen LogP contribution in [0.1, 0.15) is 42.3 Å². The van der Waals surface area contributed by atoms with E-state index >= 15 is 0 Å². The summed E-state index contributed by atoms with van der Waals surface area (Å²) in [7, 11) is 1.75. The summed E-state index contributed by atoms with van der Waals surface area (Å²) >= 11 is 1.87. The SMILES string of the molecule is CCNC(C)(COC)c1nc2c(s1)CCCC2. The molecule has 2 rings (SSSR count). The Morgan fingerprint density at radius 2 is 2.18 bits per heavy atom. The lowest BCUT2D eigenvalue weighted by Crippen LogP contribution is -2.43. The van der Waals surface area contributed by atoms with Gasteiger partial charge in [-0.2, -0.15) is 0 Å². The van der Waals surface area contributed by atoms with E-state index < -0.39 is 0 Å². The number of likely N-dealkylation sites (N-methyl/N-ethyl adjacent to an activating group) is 1. The highest BCUT2D eigenvalue weighted by Crippen LogP contribution is 2.32. The molecular formula is C13H22N2OS. The summed E-state index contributed by atoms with van der Waals surface area (Å²) in [6, 6.07) is 0. The van der Waals surface area contributed by atoms with Crippen LogP contribution in [0.5, 0.6) is 0 Å². The molecule has 1 unspecified atom stereocenters. The van der Waals surface area contributed by atoms with Crippen LogP contribution in [0.3, 0.4) is 0 Å². The number of hydrogen-bond acceptors (Lipinski definition) is 4. The number of aromatic nitrogens is 1. The van der Waals surface area contributed by atoms with Gasteiger partial charge < -0.3 is 10.1 Å². The van der Waals surface area contributed by atoms with E-state index in [0.29, 0.717) is 6.61 Å². The number of rotatable bonds is 5. The molecule has 4 heteroatoms. The molecule has 0 radical (unpaired) electrons. The van der Waals surface area contributed by atoms with E-state index in [1.807, 2.05) is 11.3 Å². The number of hydrogen-bond donors (Lipinski definition) is 1. The van der Waals surface area contributed by atoms with Gasteiger partial charge in [0.05, 0.1) is 17.8 Å². The topological polar surface area (TPSA) is 34.1 Å². The van der Waals surface area contributed by atoms with Crippen LogP contribution in [0.4, 0.5) is 0 Å². The molecule has 1 N–H and O–H groups in total. The van der Waals surface area contributed by atoms with E-state index in [-0.39, 0.29) is 5.54 Å². The Hall–Kier alpha value is -0.450. The number of ether oxygens (including phenoxy) is 1. The third-order valence-corrected chi connectivity index (χ3v) is 4.74. The third kappa shape index (κ3) is 2.69. The van der Waals surface area contributed by atoms with Crippen molar-refractivity contribution in [2.24, 2.45) is 0 Å². The van der Waals surface area contributed by atoms with E-state index in [0.717, 1.165) is 13.0 Å². The van der Waals surface area contributed by atoms with Crippen LogP contribution in [-0.4, -0.2) is 25.2 Å². The summed E-state index contributed by atoms with van der Waals surface area (Å²) in [4.78, 5) is 6.33. The van der Waals surface area contributed by atoms with E-state index in [1.54, 1.807) is 7.11 Å². The van der Waals surface area contributed by atoms with Crippen LogP contribution < -0.4 is 5.32 Å². The van der Waals surface area contributed by atoms with Crippen LogP contribution in [0.2, 0.25) is 0 Å². The lowest BCUT2D eigenvalue weighted by molar-refractivity contribution is 0.119. The van der Waals surface area contributed by atoms with Gasteiger partial charge in [-0.3, -0.25) is 0 Å². The Morgan fingerprint density at radius 1 is 1.41 bits per heavy atom. The zero-order valence-corrected chi connectivity index (χ0v) is 11.8. The maximum absolute atomic E-state index is 5.35. The Balaban J connectivity index is 2.26. The molecule has 0 saturated carbocycles. The van der Waals surface area contributed by atoms with Gasteiger partial charge in [0.1, 0.15) is 5.01 Å². The summed E-state index contributed by atoms with van der Waals surface area (Å²) in [6.07, 6.45) is 4.97. The first-order valence-corrected chi connectivity index (χ1v) is 7.24. The van der Waals surface area contributed by atoms with Crippen molar-refractivity contribution in [3.63, 3.8) is 0 Å². The minimum Gasteiger partial charge on any atom is -0.382 e. The minimum absolute atomic E-state index is 0.133. The van der Waals surface area contributed by atoms with Gasteiger partial charge in [-0.25, -0.2) is 4.98 Å². The van der Waals surface area contributed by atoms with Crippen molar-refractivity contribution in [3.05, 3.63) is 15.6 Å². The number of thiazole rings is 1. The van der Waals surface area contributed by atoms with Gasteiger partial charge in [0.15, 0.2) is 0 Å². The smallest absolute Gasteiger partial charge is 0.115 e. The summed E-state index contributed by atoms with van der Waals surface area (Å²) < 4.78 is 5.35. The fraction of sp³-hybridized carbons (Fsp3) is 0.769. The van der Waals surface area contributed by atoms with E-state index in [4.69, 9.17) is 9.72 Å². The molecule has 0 bridgehead atoms. The molecule has 1 aromatic heterocycles. The van der Waals surface area contributed by atoms with Crippen molar-refractivity contribution in [2.45, 2.75) is 45.1 Å². The molecule has 0 fully saturated rings. The zero-order chi connectivity index (χ0) is 12.3. The Labute approximate surface area is 108 Å². The Bertz CT molecular complexity index is 346. The number of nitrogens with one attached hydrogen (secondary N) is 1. The van der Waals surface area contributed by atoms with Gasteiger partial charge >= 0.3 is 0 Å². The van der Waals surface area contributed by atoms with Crippen molar-refractivity contribution < 1.29 is 4.74 Å². The molecule has 96 valence electrons. The fourth-order valence-electron chi connectivity index (χ4n) is 2.46. The number of fused-ring (bicyclic) bond motifs is 1. The molecule has 1 heterocycles. The minimum atomic E-state index is -0.133. The maximum Gasteiger partial charge on any atom is 0.115 e. The standard InChI is InChI=1S/C13H22N2OS/c1-4-14-13(2,9-16-3)12-15-10-7-5-6-8-11(10)17-12/h14H,4-9H2,1-3H3. The van der Waals surface area contributed by atoms with Gasteiger partial charge in [-0.1, -0.05) is 6.92 Å². The number of nitrogens with zero attached hydrogens (tertiary/aromatic N) is 1. The molecule has 0 amide bonds. The van der Waals surface area contributed by atoms with Crippen LogP contribution in [0.15, 0.2) is 0 Å². The normalized spacial score (nSPS) is 18.8. The second-order valence-corrected chi connectivity index (χ2v) is 5.98. The molecule has 3 nitrogen and oxygen atoms in total. The Morgan fingerprint density at radius 3 is 2.82 bits per heavy atom. The first-order chi connectivity index (χ1) is 8.19. The molecule has 1 aromatic rings. The second kappa shape index (κ2) is 5.46. The summed E-state index contributed by atoms with van der Waals surface area (Å²) in [5.74, 6) is 0. The van der Waals surface area contributed by atoms with Crippen LogP contribution in [0, 0.1) is 0 Å². The molecule has 0 spiro atoms. The second-order valence-electron chi connectivity index (χ2n) is 4.89. The van der Waals surface area contributed by atoms with Crippen molar-refractivity contribution in [1.82, 2.24) is 10.3 Å². The highest BCUT2D eigenvalue weighted by Gasteiger charge is 2.31. The predicted molar refractivity (Wildman–Crippen MR) is 71.7 cm³/mol. The molecule has 1 atom stereocenters. The monoisotopic (exact) mass is 254 g/mol. The van der Waals surface area contributed by atoms with E-state index in [9.17, 15) is 0 Å². The lowest BCUT2D eigenvalue weighted by atomic mass is 10.0. The van der Waals surface area contributed by atoms with Crippen molar-refractivity contribution in [3.8, 4) is 0 Å². The average molecular weight is 254 g/mol. The highest BCUT2D eigenvalue weighted by atomic mass is 32.1. The molecule has 1 aliphatic rings. The third-order valence-electron chi connectivity index (χ3n) is 3.32. The first kappa shape index (κ1) is 13.0. The average Bonchev–Trinajstić information content (AvgIpc) is 2.74. The van der Waals surface area contributed by atoms with Crippen LogP contribution in [0.25, 0.3) is 0 Å². The van der Waals surface area contributed by atoms with Gasteiger partial charge in [0.2, 0.25) is 0 Å². The maximum atomic E-state index is 5.35. The molecule has 17 heavy (non-hydrogen) atoms. The van der Waals surface area contributed by atoms with E-state index in [2.05, 4.69) is 19.2 Å². The van der Waals surface area contributed by atoms with Crippen molar-refractivity contribution >= 4 is 11.3 Å². The fourth-order valence-corrected chi connectivity index (χ4v) is 3.71. The van der Waals surface area contributed by atoms with E-state index in [1.165, 1.54) is 34.8 Å². The summed E-state index contributed by atoms with van der Waals surface area (Å²) in [5.41, 5.74) is 1.20. The zero-order valence-electron chi connectivity index (χ0n) is 11.0. The number of methoxy groups -OCH3 is 1. The van der Waals surface area contributed by atoms with Crippen LogP contribution >= 0.6 is 11.3 Å². The molecular weight excluding hydrogens is 232 g/mol. The quantitative estimate of drug-likeness (QED) is 0.876. The number of aryl methyl sites for hydroxylation is 2. The van der Waals surface area contributed by atoms with Gasteiger partial charge in [-0.15, -0.1) is 11.3 Å². The molecule has 0 aromatic carbocycles. The van der Waals surface area contributed by atoms with Crippen molar-refractivity contribution in [1.29, 1.82) is 0 Å². The van der Waals surface area contributed by atoms with Crippen LogP contribution in [-0.2, 0) is 23.1 Å². The molecule has 0 saturated heterocycles. The van der Waals surface area contributed by atoms with Gasteiger partial charge in [0.25, 0.3) is 0 Å². The summed E-state index contributed by atoms with van der Waals surface area (Å²) in [5, 5.41) is 4.70. The summed E-state index contributed by atoms with van der Waals surface area (Å²) in [6.45, 7) is 5.92. The lowest BCUT2D eigenvalue weighted by Gasteiger charge is -2.27. The molecule has 1 aliphatic carbocycles. The van der Waals surface area contributed by atoms with Gasteiger partial charge in [-0.05, 0) is 39.2 Å². The van der Waals surface area contributed by atoms with Gasteiger partial charge in [0, 0.05) is 12.0 Å². The largest absolute Gasteiger partial charge is 0.382 e. The first-order valence-electron chi connectivity index (χ1n) is 6.42. The Kier molecular flexibility index (Phi) is 4.17. The predicted octanol–water partition coefficient (Wildman–Crippen LogP) is 2.49. The highest BCUT2D eigenvalue weighted by molar-refractivity contribution is 7.11.